The van der Waals surface area contributed by atoms with E-state index in [-0.39, 0.29) is 11.8 Å². The van der Waals surface area contributed by atoms with Crippen LogP contribution >= 0.6 is 11.3 Å². The third-order valence-electron chi connectivity index (χ3n) is 4.40. The summed E-state index contributed by atoms with van der Waals surface area (Å²) in [6.07, 6.45) is 2.23. The number of thiophene rings is 1. The summed E-state index contributed by atoms with van der Waals surface area (Å²) >= 11 is 1.36. The van der Waals surface area contributed by atoms with Gasteiger partial charge in [-0.2, -0.15) is 0 Å². The van der Waals surface area contributed by atoms with Crippen molar-refractivity contribution < 1.29 is 9.59 Å². The summed E-state index contributed by atoms with van der Waals surface area (Å²) in [6.45, 7) is 4.48. The summed E-state index contributed by atoms with van der Waals surface area (Å²) in [7, 11) is 3.90. The zero-order valence-corrected chi connectivity index (χ0v) is 16.3. The van der Waals surface area contributed by atoms with Crippen molar-refractivity contribution in [2.45, 2.75) is 32.4 Å². The number of carbonyl (C=O) groups excluding carboxylic acids is 2. The monoisotopic (exact) mass is 373 g/mol. The Morgan fingerprint density at radius 1 is 1.31 bits per heavy atom. The van der Waals surface area contributed by atoms with Crippen LogP contribution in [-0.2, 0) is 17.8 Å². The Kier molecular flexibility index (Phi) is 4.95. The highest BCUT2D eigenvalue weighted by molar-refractivity contribution is 7.12. The molecule has 0 fully saturated rings. The van der Waals surface area contributed by atoms with E-state index in [0.29, 0.717) is 24.4 Å². The Morgan fingerprint density at radius 2 is 2.08 bits per heavy atom. The van der Waals surface area contributed by atoms with E-state index in [9.17, 15) is 9.59 Å². The zero-order valence-electron chi connectivity index (χ0n) is 15.4. The van der Waals surface area contributed by atoms with Crippen LogP contribution in [0.2, 0.25) is 0 Å². The van der Waals surface area contributed by atoms with Crippen molar-refractivity contribution in [3.8, 4) is 0 Å². The lowest BCUT2D eigenvalue weighted by Crippen LogP contribution is -2.56. The molecule has 8 heteroatoms. The molecular weight excluding hydrogens is 350 g/mol. The van der Waals surface area contributed by atoms with Gasteiger partial charge in [0.05, 0.1) is 17.1 Å². The van der Waals surface area contributed by atoms with Crippen LogP contribution in [0.5, 0.6) is 0 Å². The molecule has 0 spiro atoms. The first kappa shape index (κ1) is 18.3. The lowest BCUT2D eigenvalue weighted by molar-refractivity contribution is -0.137. The average molecular weight is 373 g/mol. The molecule has 0 aromatic carbocycles. The maximum Gasteiger partial charge on any atom is 0.262 e. The van der Waals surface area contributed by atoms with Crippen LogP contribution in [0, 0.1) is 0 Å². The van der Waals surface area contributed by atoms with Crippen molar-refractivity contribution in [2.24, 2.45) is 0 Å². The fourth-order valence-electron chi connectivity index (χ4n) is 3.10. The predicted octanol–water partition coefficient (Wildman–Crippen LogP) is 1.70. The van der Waals surface area contributed by atoms with E-state index in [4.69, 9.17) is 0 Å². The molecule has 1 N–H and O–H groups in total. The van der Waals surface area contributed by atoms with Gasteiger partial charge in [-0.3, -0.25) is 9.59 Å². The fourth-order valence-corrected chi connectivity index (χ4v) is 3.72. The molecule has 138 valence electrons. The SMILES string of the molecule is CN(C)c1ncnc2c1CCN(C(=O)C(C)(C)NC(=O)c1cccs1)C2. The van der Waals surface area contributed by atoms with Gasteiger partial charge in [0.25, 0.3) is 5.91 Å². The van der Waals surface area contributed by atoms with Gasteiger partial charge in [-0.1, -0.05) is 6.07 Å². The van der Waals surface area contributed by atoms with Crippen LogP contribution in [0.25, 0.3) is 0 Å². The molecule has 0 radical (unpaired) electrons. The zero-order chi connectivity index (χ0) is 18.9. The van der Waals surface area contributed by atoms with Crippen LogP contribution in [-0.4, -0.2) is 52.9 Å². The third kappa shape index (κ3) is 3.55. The Hall–Kier alpha value is -2.48. The molecule has 0 saturated carbocycles. The van der Waals surface area contributed by atoms with Crippen molar-refractivity contribution >= 4 is 29.0 Å². The normalized spacial score (nSPS) is 13.9. The summed E-state index contributed by atoms with van der Waals surface area (Å²) in [5.41, 5.74) is 0.960. The second kappa shape index (κ2) is 7.03. The maximum atomic E-state index is 13.0. The minimum absolute atomic E-state index is 0.113. The van der Waals surface area contributed by atoms with Gasteiger partial charge in [0.15, 0.2) is 0 Å². The standard InChI is InChI=1S/C18H23N5O2S/c1-18(2,21-16(24)14-6-5-9-26-14)17(25)23-8-7-12-13(10-23)19-11-20-15(12)22(3)4/h5-6,9,11H,7-8,10H2,1-4H3,(H,21,24). The molecule has 1 aliphatic rings. The molecule has 1 aliphatic heterocycles. The van der Waals surface area contributed by atoms with Crippen LogP contribution in [0.15, 0.2) is 23.8 Å². The summed E-state index contributed by atoms with van der Waals surface area (Å²) in [5.74, 6) is 0.554. The number of aromatic nitrogens is 2. The van der Waals surface area contributed by atoms with Crippen LogP contribution in [0.4, 0.5) is 5.82 Å². The first-order valence-electron chi connectivity index (χ1n) is 8.45. The second-order valence-electron chi connectivity index (χ2n) is 7.05. The molecule has 0 unspecified atom stereocenters. The minimum Gasteiger partial charge on any atom is -0.362 e. The molecule has 0 atom stereocenters. The predicted molar refractivity (Wildman–Crippen MR) is 101 cm³/mol. The van der Waals surface area contributed by atoms with E-state index in [0.717, 1.165) is 17.1 Å². The van der Waals surface area contributed by atoms with Gasteiger partial charge < -0.3 is 15.1 Å². The summed E-state index contributed by atoms with van der Waals surface area (Å²) in [4.78, 5) is 38.3. The van der Waals surface area contributed by atoms with E-state index >= 15 is 0 Å². The highest BCUT2D eigenvalue weighted by atomic mass is 32.1. The summed E-state index contributed by atoms with van der Waals surface area (Å²) in [6, 6.07) is 3.56. The summed E-state index contributed by atoms with van der Waals surface area (Å²) in [5, 5.41) is 4.69. The first-order valence-corrected chi connectivity index (χ1v) is 9.33. The Bertz CT molecular complexity index is 817. The smallest absolute Gasteiger partial charge is 0.262 e. The number of nitrogens with zero attached hydrogens (tertiary/aromatic N) is 4. The van der Waals surface area contributed by atoms with Crippen molar-refractivity contribution in [3.05, 3.63) is 40.0 Å². The number of hydrogen-bond acceptors (Lipinski definition) is 6. The number of anilines is 1. The number of hydrogen-bond donors (Lipinski definition) is 1. The van der Waals surface area contributed by atoms with Gasteiger partial charge in [0, 0.05) is 26.2 Å². The Morgan fingerprint density at radius 3 is 2.73 bits per heavy atom. The molecule has 26 heavy (non-hydrogen) atoms. The van der Waals surface area contributed by atoms with Crippen LogP contribution in [0.1, 0.15) is 34.8 Å². The van der Waals surface area contributed by atoms with Gasteiger partial charge in [-0.15, -0.1) is 11.3 Å². The van der Waals surface area contributed by atoms with Crippen molar-refractivity contribution in [1.29, 1.82) is 0 Å². The molecular formula is C18H23N5O2S. The van der Waals surface area contributed by atoms with Crippen molar-refractivity contribution in [3.63, 3.8) is 0 Å². The number of nitrogens with one attached hydrogen (secondary N) is 1. The molecule has 0 aliphatic carbocycles. The van der Waals surface area contributed by atoms with Crippen molar-refractivity contribution in [1.82, 2.24) is 20.2 Å². The molecule has 3 rings (SSSR count). The van der Waals surface area contributed by atoms with E-state index in [1.54, 1.807) is 24.8 Å². The lowest BCUT2D eigenvalue weighted by atomic mass is 9.99. The number of rotatable bonds is 4. The Labute approximate surface area is 157 Å². The summed E-state index contributed by atoms with van der Waals surface area (Å²) < 4.78 is 0. The van der Waals surface area contributed by atoms with Gasteiger partial charge in [-0.05, 0) is 31.7 Å². The maximum absolute atomic E-state index is 13.0. The lowest BCUT2D eigenvalue weighted by Gasteiger charge is -2.35. The molecule has 7 nitrogen and oxygen atoms in total. The van der Waals surface area contributed by atoms with Gasteiger partial charge in [0.1, 0.15) is 17.7 Å². The Balaban J connectivity index is 1.74. The minimum atomic E-state index is -0.990. The molecule has 0 bridgehead atoms. The fraction of sp³-hybridized carbons (Fsp3) is 0.444. The van der Waals surface area contributed by atoms with Crippen LogP contribution < -0.4 is 10.2 Å². The van der Waals surface area contributed by atoms with E-state index in [1.807, 2.05) is 30.4 Å². The van der Waals surface area contributed by atoms with Gasteiger partial charge >= 0.3 is 0 Å². The van der Waals surface area contributed by atoms with Crippen molar-refractivity contribution in [2.75, 3.05) is 25.5 Å². The topological polar surface area (TPSA) is 78.4 Å². The van der Waals surface area contributed by atoms with Crippen LogP contribution in [0.3, 0.4) is 0 Å². The third-order valence-corrected chi connectivity index (χ3v) is 5.27. The molecule has 2 amide bonds. The number of carbonyl (C=O) groups is 2. The van der Waals surface area contributed by atoms with E-state index in [1.165, 1.54) is 17.7 Å². The van der Waals surface area contributed by atoms with E-state index < -0.39 is 5.54 Å². The first-order chi connectivity index (χ1) is 12.3. The number of amides is 2. The van der Waals surface area contributed by atoms with Gasteiger partial charge in [0.2, 0.25) is 5.91 Å². The quantitative estimate of drug-likeness (QED) is 0.882. The van der Waals surface area contributed by atoms with E-state index in [2.05, 4.69) is 15.3 Å². The molecule has 0 saturated heterocycles. The molecule has 2 aromatic rings. The number of fused-ring (bicyclic) bond motifs is 1. The highest BCUT2D eigenvalue weighted by Gasteiger charge is 2.36. The highest BCUT2D eigenvalue weighted by Crippen LogP contribution is 2.25. The second-order valence-corrected chi connectivity index (χ2v) is 8.00. The molecule has 2 aromatic heterocycles. The average Bonchev–Trinajstić information content (AvgIpc) is 3.14. The largest absolute Gasteiger partial charge is 0.362 e. The van der Waals surface area contributed by atoms with Gasteiger partial charge in [-0.25, -0.2) is 9.97 Å². The molecule has 3 heterocycles.